The van der Waals surface area contributed by atoms with Crippen LogP contribution in [0.3, 0.4) is 0 Å². The van der Waals surface area contributed by atoms with Crippen molar-refractivity contribution >= 4 is 34.5 Å². The molecular formula is C14H15ClN2O2S. The Morgan fingerprint density at radius 1 is 1.45 bits per heavy atom. The van der Waals surface area contributed by atoms with Crippen LogP contribution in [-0.2, 0) is 11.2 Å². The highest BCUT2D eigenvalue weighted by atomic mass is 35.5. The van der Waals surface area contributed by atoms with E-state index in [0.29, 0.717) is 22.9 Å². The highest BCUT2D eigenvalue weighted by molar-refractivity contribution is 7.11. The molecule has 0 fully saturated rings. The number of aromatic nitrogens is 1. The smallest absolute Gasteiger partial charge is 0.229 e. The average molecular weight is 311 g/mol. The van der Waals surface area contributed by atoms with Gasteiger partial charge in [-0.2, -0.15) is 0 Å². The summed E-state index contributed by atoms with van der Waals surface area (Å²) in [6, 6.07) is 5.11. The van der Waals surface area contributed by atoms with E-state index in [1.165, 1.54) is 11.3 Å². The summed E-state index contributed by atoms with van der Waals surface area (Å²) in [4.78, 5) is 17.4. The molecule has 0 aliphatic rings. The van der Waals surface area contributed by atoms with Crippen molar-refractivity contribution < 1.29 is 9.53 Å². The van der Waals surface area contributed by atoms with Gasteiger partial charge in [-0.05, 0) is 32.0 Å². The number of amides is 1. The van der Waals surface area contributed by atoms with Gasteiger partial charge in [0.1, 0.15) is 5.75 Å². The summed E-state index contributed by atoms with van der Waals surface area (Å²) in [6.07, 6.45) is 0.299. The number of nitrogens with zero attached hydrogens (tertiary/aromatic N) is 1. The standard InChI is InChI=1S/C14H15ClN2O2S/c1-8-13(20-9(2)16-8)7-14(18)17-11-6-10(15)4-5-12(11)19-3/h4-6H,7H2,1-3H3,(H,17,18). The number of aryl methyl sites for hydroxylation is 2. The zero-order valence-corrected chi connectivity index (χ0v) is 13.1. The summed E-state index contributed by atoms with van der Waals surface area (Å²) in [7, 11) is 1.55. The predicted octanol–water partition coefficient (Wildman–Crippen LogP) is 3.60. The van der Waals surface area contributed by atoms with E-state index in [9.17, 15) is 4.79 Å². The lowest BCUT2D eigenvalue weighted by Crippen LogP contribution is -2.14. The predicted molar refractivity (Wildman–Crippen MR) is 81.9 cm³/mol. The minimum absolute atomic E-state index is 0.114. The van der Waals surface area contributed by atoms with Gasteiger partial charge in [-0.25, -0.2) is 4.98 Å². The fraction of sp³-hybridized carbons (Fsp3) is 0.286. The molecule has 106 valence electrons. The van der Waals surface area contributed by atoms with Crippen molar-refractivity contribution in [3.8, 4) is 5.75 Å². The van der Waals surface area contributed by atoms with Crippen molar-refractivity contribution in [3.63, 3.8) is 0 Å². The minimum Gasteiger partial charge on any atom is -0.495 e. The zero-order chi connectivity index (χ0) is 14.7. The molecule has 0 saturated carbocycles. The Bertz CT molecular complexity index is 640. The van der Waals surface area contributed by atoms with Crippen molar-refractivity contribution in [2.24, 2.45) is 0 Å². The van der Waals surface area contributed by atoms with Gasteiger partial charge in [0.25, 0.3) is 0 Å². The van der Waals surface area contributed by atoms with Gasteiger partial charge < -0.3 is 10.1 Å². The third-order valence-electron chi connectivity index (χ3n) is 2.76. The van der Waals surface area contributed by atoms with Crippen LogP contribution in [0.1, 0.15) is 15.6 Å². The molecule has 0 bridgehead atoms. The van der Waals surface area contributed by atoms with Gasteiger partial charge in [0.15, 0.2) is 0 Å². The van der Waals surface area contributed by atoms with E-state index in [4.69, 9.17) is 16.3 Å². The Labute approximate surface area is 126 Å². The lowest BCUT2D eigenvalue weighted by Gasteiger charge is -2.10. The van der Waals surface area contributed by atoms with Gasteiger partial charge in [0, 0.05) is 9.90 Å². The van der Waals surface area contributed by atoms with Crippen LogP contribution in [0.15, 0.2) is 18.2 Å². The van der Waals surface area contributed by atoms with E-state index < -0.39 is 0 Å². The highest BCUT2D eigenvalue weighted by Gasteiger charge is 2.12. The van der Waals surface area contributed by atoms with Crippen LogP contribution >= 0.6 is 22.9 Å². The quantitative estimate of drug-likeness (QED) is 0.938. The monoisotopic (exact) mass is 310 g/mol. The maximum atomic E-state index is 12.1. The topological polar surface area (TPSA) is 51.2 Å². The minimum atomic E-state index is -0.114. The molecule has 6 heteroatoms. The summed E-state index contributed by atoms with van der Waals surface area (Å²) in [5.41, 5.74) is 1.48. The van der Waals surface area contributed by atoms with Crippen LogP contribution in [0.25, 0.3) is 0 Å². The number of anilines is 1. The number of ether oxygens (including phenoxy) is 1. The summed E-state index contributed by atoms with van der Waals surface area (Å²) >= 11 is 7.47. The lowest BCUT2D eigenvalue weighted by molar-refractivity contribution is -0.115. The van der Waals surface area contributed by atoms with Gasteiger partial charge >= 0.3 is 0 Å². The number of carbonyl (C=O) groups excluding carboxylic acids is 1. The molecule has 2 aromatic rings. The summed E-state index contributed by atoms with van der Waals surface area (Å²) in [5.74, 6) is 0.470. The van der Waals surface area contributed by atoms with Crippen molar-refractivity contribution in [2.45, 2.75) is 20.3 Å². The molecule has 0 aliphatic carbocycles. The SMILES string of the molecule is COc1ccc(Cl)cc1NC(=O)Cc1sc(C)nc1C. The van der Waals surface area contributed by atoms with Gasteiger partial charge in [-0.15, -0.1) is 11.3 Å². The molecule has 1 aromatic heterocycles. The van der Waals surface area contributed by atoms with Gasteiger partial charge in [-0.1, -0.05) is 11.6 Å². The molecule has 1 heterocycles. The van der Waals surface area contributed by atoms with Crippen molar-refractivity contribution in [1.29, 1.82) is 0 Å². The Morgan fingerprint density at radius 2 is 2.20 bits per heavy atom. The van der Waals surface area contributed by atoms with Crippen LogP contribution < -0.4 is 10.1 Å². The van der Waals surface area contributed by atoms with Gasteiger partial charge in [-0.3, -0.25) is 4.79 Å². The van der Waals surface area contributed by atoms with E-state index in [1.807, 2.05) is 13.8 Å². The Morgan fingerprint density at radius 3 is 2.80 bits per heavy atom. The van der Waals surface area contributed by atoms with Gasteiger partial charge in [0.2, 0.25) is 5.91 Å². The number of benzene rings is 1. The van der Waals surface area contributed by atoms with E-state index >= 15 is 0 Å². The lowest BCUT2D eigenvalue weighted by atomic mass is 10.2. The Balaban J connectivity index is 2.12. The fourth-order valence-corrected chi connectivity index (χ4v) is 2.96. The number of rotatable bonds is 4. The molecule has 0 radical (unpaired) electrons. The molecule has 0 unspecified atom stereocenters. The van der Waals surface area contributed by atoms with Crippen LogP contribution in [0.4, 0.5) is 5.69 Å². The van der Waals surface area contributed by atoms with Crippen molar-refractivity contribution in [1.82, 2.24) is 4.98 Å². The Hall–Kier alpha value is -1.59. The second kappa shape index (κ2) is 6.24. The molecule has 0 spiro atoms. The molecular weight excluding hydrogens is 296 g/mol. The van der Waals surface area contributed by atoms with Crippen LogP contribution in [0, 0.1) is 13.8 Å². The largest absolute Gasteiger partial charge is 0.495 e. The molecule has 20 heavy (non-hydrogen) atoms. The maximum absolute atomic E-state index is 12.1. The van der Waals surface area contributed by atoms with Crippen LogP contribution in [-0.4, -0.2) is 18.0 Å². The van der Waals surface area contributed by atoms with E-state index in [0.717, 1.165) is 15.6 Å². The maximum Gasteiger partial charge on any atom is 0.229 e. The fourth-order valence-electron chi connectivity index (χ4n) is 1.86. The number of hydrogen-bond donors (Lipinski definition) is 1. The van der Waals surface area contributed by atoms with Crippen molar-refractivity contribution in [3.05, 3.63) is 38.8 Å². The third kappa shape index (κ3) is 3.49. The zero-order valence-electron chi connectivity index (χ0n) is 11.5. The summed E-state index contributed by atoms with van der Waals surface area (Å²) < 4.78 is 5.20. The second-order valence-corrected chi connectivity index (χ2v) is 6.04. The molecule has 0 aliphatic heterocycles. The number of hydrogen-bond acceptors (Lipinski definition) is 4. The average Bonchev–Trinajstić information content (AvgIpc) is 2.68. The molecule has 1 N–H and O–H groups in total. The first-order valence-electron chi connectivity index (χ1n) is 6.06. The van der Waals surface area contributed by atoms with E-state index in [-0.39, 0.29) is 5.91 Å². The number of carbonyl (C=O) groups is 1. The van der Waals surface area contributed by atoms with Gasteiger partial charge in [0.05, 0.1) is 29.9 Å². The first-order chi connectivity index (χ1) is 9.49. The molecule has 1 aromatic carbocycles. The summed E-state index contributed by atoms with van der Waals surface area (Å²) in [6.45, 7) is 3.84. The normalized spacial score (nSPS) is 10.4. The number of halogens is 1. The number of thiazole rings is 1. The second-order valence-electron chi connectivity index (χ2n) is 4.31. The Kier molecular flexibility index (Phi) is 4.62. The first kappa shape index (κ1) is 14.8. The summed E-state index contributed by atoms with van der Waals surface area (Å²) in [5, 5.41) is 4.33. The highest BCUT2D eigenvalue weighted by Crippen LogP contribution is 2.28. The van der Waals surface area contributed by atoms with Crippen LogP contribution in [0.5, 0.6) is 5.75 Å². The molecule has 0 saturated heterocycles. The van der Waals surface area contributed by atoms with E-state index in [1.54, 1.807) is 25.3 Å². The third-order valence-corrected chi connectivity index (χ3v) is 4.06. The molecule has 4 nitrogen and oxygen atoms in total. The molecule has 2 rings (SSSR count). The number of nitrogens with one attached hydrogen (secondary N) is 1. The molecule has 1 amide bonds. The van der Waals surface area contributed by atoms with Crippen molar-refractivity contribution in [2.75, 3.05) is 12.4 Å². The van der Waals surface area contributed by atoms with E-state index in [2.05, 4.69) is 10.3 Å². The number of methoxy groups -OCH3 is 1. The molecule has 0 atom stereocenters. The van der Waals surface area contributed by atoms with Crippen LogP contribution in [0.2, 0.25) is 5.02 Å². The first-order valence-corrected chi connectivity index (χ1v) is 7.25.